The van der Waals surface area contributed by atoms with Crippen molar-refractivity contribution in [2.75, 3.05) is 0 Å². The average molecular weight is 423 g/mol. The lowest BCUT2D eigenvalue weighted by Gasteiger charge is -2.31. The fourth-order valence-electron chi connectivity index (χ4n) is 3.65. The number of benzene rings is 2. The van der Waals surface area contributed by atoms with Crippen LogP contribution in [0.15, 0.2) is 48.5 Å². The topological polar surface area (TPSA) is 49.4 Å². The minimum absolute atomic E-state index is 0.0132. The van der Waals surface area contributed by atoms with Crippen LogP contribution in [0.5, 0.6) is 0 Å². The van der Waals surface area contributed by atoms with E-state index in [2.05, 4.69) is 43.4 Å². The van der Waals surface area contributed by atoms with Crippen molar-refractivity contribution in [1.29, 1.82) is 0 Å². The van der Waals surface area contributed by atoms with Gasteiger partial charge in [-0.2, -0.15) is 0 Å². The highest BCUT2D eigenvalue weighted by atomic mass is 16.2. The summed E-state index contributed by atoms with van der Waals surface area (Å²) in [6, 6.07) is 16.2. The summed E-state index contributed by atoms with van der Waals surface area (Å²) in [6.45, 7) is 12.7. The van der Waals surface area contributed by atoms with Crippen molar-refractivity contribution >= 4 is 11.8 Å². The van der Waals surface area contributed by atoms with E-state index in [0.717, 1.165) is 11.1 Å². The molecule has 0 saturated heterocycles. The van der Waals surface area contributed by atoms with Gasteiger partial charge in [0.05, 0.1) is 0 Å². The van der Waals surface area contributed by atoms with Gasteiger partial charge in [-0.05, 0) is 56.2 Å². The van der Waals surface area contributed by atoms with Gasteiger partial charge in [-0.15, -0.1) is 0 Å². The SMILES string of the molecule is CC[C@@H](C(=O)NC(C)C)N(Cc1ccc(C)cc1)C(=O)CCc1ccc(C(C)C)cc1. The maximum atomic E-state index is 13.3. The van der Waals surface area contributed by atoms with Gasteiger partial charge in [0.25, 0.3) is 0 Å². The van der Waals surface area contributed by atoms with E-state index in [4.69, 9.17) is 0 Å². The molecule has 0 bridgehead atoms. The number of amides is 2. The van der Waals surface area contributed by atoms with Gasteiger partial charge in [0, 0.05) is 19.0 Å². The Hall–Kier alpha value is -2.62. The van der Waals surface area contributed by atoms with Crippen molar-refractivity contribution in [1.82, 2.24) is 10.2 Å². The molecule has 0 fully saturated rings. The van der Waals surface area contributed by atoms with E-state index in [1.807, 2.05) is 52.0 Å². The van der Waals surface area contributed by atoms with Crippen molar-refractivity contribution in [2.45, 2.75) is 85.4 Å². The van der Waals surface area contributed by atoms with Crippen molar-refractivity contribution < 1.29 is 9.59 Å². The smallest absolute Gasteiger partial charge is 0.243 e. The molecule has 2 aromatic rings. The summed E-state index contributed by atoms with van der Waals surface area (Å²) in [4.78, 5) is 27.9. The Labute approximate surface area is 188 Å². The third kappa shape index (κ3) is 7.54. The quantitative estimate of drug-likeness (QED) is 0.559. The standard InChI is InChI=1S/C27H38N2O2/c1-7-25(27(31)28-20(4)5)29(18-23-10-8-21(6)9-11-23)26(30)17-14-22-12-15-24(16-13-22)19(2)3/h8-13,15-16,19-20,25H,7,14,17-18H2,1-6H3,(H,28,31)/t25-/m0/s1. The normalized spacial score (nSPS) is 12.1. The minimum atomic E-state index is -0.473. The number of carbonyl (C=O) groups excluding carboxylic acids is 2. The molecule has 0 spiro atoms. The number of hydrogen-bond donors (Lipinski definition) is 1. The number of nitrogens with zero attached hydrogens (tertiary/aromatic N) is 1. The molecule has 168 valence electrons. The Morgan fingerprint density at radius 3 is 2.00 bits per heavy atom. The largest absolute Gasteiger partial charge is 0.352 e. The van der Waals surface area contributed by atoms with Crippen molar-refractivity contribution in [3.63, 3.8) is 0 Å². The van der Waals surface area contributed by atoms with Gasteiger partial charge in [0.2, 0.25) is 11.8 Å². The number of hydrogen-bond acceptors (Lipinski definition) is 2. The van der Waals surface area contributed by atoms with Crippen molar-refractivity contribution in [3.8, 4) is 0 Å². The van der Waals surface area contributed by atoms with Gasteiger partial charge in [0.15, 0.2) is 0 Å². The summed E-state index contributed by atoms with van der Waals surface area (Å²) in [5.41, 5.74) is 4.66. The van der Waals surface area contributed by atoms with Crippen LogP contribution in [0, 0.1) is 6.92 Å². The van der Waals surface area contributed by atoms with E-state index >= 15 is 0 Å². The van der Waals surface area contributed by atoms with Crippen LogP contribution in [0.25, 0.3) is 0 Å². The maximum Gasteiger partial charge on any atom is 0.243 e. The lowest BCUT2D eigenvalue weighted by atomic mass is 10.00. The summed E-state index contributed by atoms with van der Waals surface area (Å²) in [5.74, 6) is 0.420. The predicted octanol–water partition coefficient (Wildman–Crippen LogP) is 5.38. The van der Waals surface area contributed by atoms with Crippen LogP contribution in [0.2, 0.25) is 0 Å². The highest BCUT2D eigenvalue weighted by Crippen LogP contribution is 2.18. The van der Waals surface area contributed by atoms with Gasteiger partial charge in [-0.3, -0.25) is 9.59 Å². The van der Waals surface area contributed by atoms with Crippen molar-refractivity contribution in [3.05, 3.63) is 70.8 Å². The van der Waals surface area contributed by atoms with Gasteiger partial charge in [0.1, 0.15) is 6.04 Å². The molecule has 0 aliphatic rings. The molecule has 31 heavy (non-hydrogen) atoms. The van der Waals surface area contributed by atoms with Crippen LogP contribution in [0.3, 0.4) is 0 Å². The zero-order valence-electron chi connectivity index (χ0n) is 19.9. The monoisotopic (exact) mass is 422 g/mol. The fraction of sp³-hybridized carbons (Fsp3) is 0.481. The third-order valence-corrected chi connectivity index (χ3v) is 5.56. The molecule has 0 aliphatic heterocycles. The molecule has 0 aromatic heterocycles. The van der Waals surface area contributed by atoms with Crippen molar-refractivity contribution in [2.24, 2.45) is 0 Å². The maximum absolute atomic E-state index is 13.3. The van der Waals surface area contributed by atoms with E-state index in [1.165, 1.54) is 11.1 Å². The summed E-state index contributed by atoms with van der Waals surface area (Å²) in [7, 11) is 0. The van der Waals surface area contributed by atoms with E-state index in [0.29, 0.717) is 31.7 Å². The summed E-state index contributed by atoms with van der Waals surface area (Å²) >= 11 is 0. The van der Waals surface area contributed by atoms with Crippen LogP contribution in [0.4, 0.5) is 0 Å². The minimum Gasteiger partial charge on any atom is -0.352 e. The molecule has 0 aliphatic carbocycles. The molecule has 1 N–H and O–H groups in total. The predicted molar refractivity (Wildman–Crippen MR) is 128 cm³/mol. The van der Waals surface area contributed by atoms with E-state index in [-0.39, 0.29) is 17.9 Å². The molecule has 0 saturated carbocycles. The lowest BCUT2D eigenvalue weighted by molar-refractivity contribution is -0.141. The second-order valence-corrected chi connectivity index (χ2v) is 8.99. The van der Waals surface area contributed by atoms with E-state index in [1.54, 1.807) is 4.90 Å². The molecule has 2 aromatic carbocycles. The Kier molecular flexibility index (Phi) is 9.29. The molecular weight excluding hydrogens is 384 g/mol. The molecular formula is C27H38N2O2. The second-order valence-electron chi connectivity index (χ2n) is 8.99. The zero-order valence-corrected chi connectivity index (χ0v) is 19.9. The first kappa shape index (κ1) is 24.6. The Bertz CT molecular complexity index is 839. The number of rotatable bonds is 10. The molecule has 2 rings (SSSR count). The van der Waals surface area contributed by atoms with Gasteiger partial charge >= 0.3 is 0 Å². The van der Waals surface area contributed by atoms with Crippen LogP contribution < -0.4 is 5.32 Å². The van der Waals surface area contributed by atoms with E-state index < -0.39 is 6.04 Å². The highest BCUT2D eigenvalue weighted by Gasteiger charge is 2.28. The Balaban J connectivity index is 2.17. The summed E-state index contributed by atoms with van der Waals surface area (Å²) < 4.78 is 0. The van der Waals surface area contributed by atoms with Gasteiger partial charge in [-0.1, -0.05) is 74.9 Å². The first-order chi connectivity index (χ1) is 14.7. The lowest BCUT2D eigenvalue weighted by Crippen LogP contribution is -2.50. The average Bonchev–Trinajstić information content (AvgIpc) is 2.73. The third-order valence-electron chi connectivity index (χ3n) is 5.56. The molecule has 0 heterocycles. The number of nitrogens with one attached hydrogen (secondary N) is 1. The Morgan fingerprint density at radius 1 is 0.903 bits per heavy atom. The summed E-state index contributed by atoms with van der Waals surface area (Å²) in [5, 5.41) is 2.98. The van der Waals surface area contributed by atoms with Crippen LogP contribution in [-0.2, 0) is 22.6 Å². The van der Waals surface area contributed by atoms with Crippen LogP contribution >= 0.6 is 0 Å². The molecule has 1 atom stereocenters. The first-order valence-electron chi connectivity index (χ1n) is 11.5. The highest BCUT2D eigenvalue weighted by molar-refractivity contribution is 5.87. The van der Waals surface area contributed by atoms with E-state index in [9.17, 15) is 9.59 Å². The first-order valence-corrected chi connectivity index (χ1v) is 11.5. The zero-order chi connectivity index (χ0) is 23.0. The van der Waals surface area contributed by atoms with Gasteiger partial charge in [-0.25, -0.2) is 0 Å². The van der Waals surface area contributed by atoms with Gasteiger partial charge < -0.3 is 10.2 Å². The van der Waals surface area contributed by atoms with Crippen LogP contribution in [-0.4, -0.2) is 28.8 Å². The second kappa shape index (κ2) is 11.7. The van der Waals surface area contributed by atoms with Crippen LogP contribution in [0.1, 0.15) is 75.6 Å². The Morgan fingerprint density at radius 2 is 1.48 bits per heavy atom. The number of carbonyl (C=O) groups is 2. The molecule has 0 unspecified atom stereocenters. The fourth-order valence-corrected chi connectivity index (χ4v) is 3.65. The molecule has 0 radical (unpaired) electrons. The molecule has 4 heteroatoms. The number of aryl methyl sites for hydroxylation is 2. The molecule has 2 amide bonds. The summed E-state index contributed by atoms with van der Waals surface area (Å²) in [6.07, 6.45) is 1.64. The molecule has 4 nitrogen and oxygen atoms in total.